The van der Waals surface area contributed by atoms with Gasteiger partial charge in [-0.15, -0.1) is 0 Å². The number of allylic oxidation sites excluding steroid dienone is 5. The number of fused-ring (bicyclic) bond motifs is 5. The second-order valence-electron chi connectivity index (χ2n) is 12.7. The van der Waals surface area contributed by atoms with Crippen LogP contribution in [0.2, 0.25) is 0 Å². The van der Waals surface area contributed by atoms with Gasteiger partial charge in [-0.25, -0.2) is 0 Å². The summed E-state index contributed by atoms with van der Waals surface area (Å²) in [5, 5.41) is 8.54. The molecular formula is C47H35N3. The van der Waals surface area contributed by atoms with Gasteiger partial charge in [-0.3, -0.25) is 0 Å². The normalized spacial score (nSPS) is 12.7. The van der Waals surface area contributed by atoms with Crippen molar-refractivity contribution >= 4 is 55.3 Å². The van der Waals surface area contributed by atoms with Crippen molar-refractivity contribution in [3.05, 3.63) is 200 Å². The van der Waals surface area contributed by atoms with Crippen molar-refractivity contribution in [2.45, 2.75) is 6.42 Å². The summed E-state index contributed by atoms with van der Waals surface area (Å²) < 4.78 is 2.41. The van der Waals surface area contributed by atoms with E-state index in [1.165, 1.54) is 43.7 Å². The van der Waals surface area contributed by atoms with Gasteiger partial charge in [0, 0.05) is 44.9 Å². The number of benzene rings is 7. The third-order valence-electron chi connectivity index (χ3n) is 9.54. The van der Waals surface area contributed by atoms with Gasteiger partial charge in [0.15, 0.2) is 0 Å². The first-order valence-corrected chi connectivity index (χ1v) is 17.2. The number of aromatic nitrogens is 1. The predicted octanol–water partition coefficient (Wildman–Crippen LogP) is 12.9. The molecule has 0 atom stereocenters. The molecule has 50 heavy (non-hydrogen) atoms. The van der Waals surface area contributed by atoms with Gasteiger partial charge < -0.3 is 14.8 Å². The van der Waals surface area contributed by atoms with Gasteiger partial charge >= 0.3 is 0 Å². The zero-order valence-electron chi connectivity index (χ0n) is 27.6. The van der Waals surface area contributed by atoms with E-state index in [1.807, 2.05) is 0 Å². The molecule has 1 N–H and O–H groups in total. The molecule has 0 saturated carbocycles. The fourth-order valence-electron chi connectivity index (χ4n) is 7.18. The lowest BCUT2D eigenvalue weighted by Crippen LogP contribution is -2.10. The molecule has 1 aromatic heterocycles. The zero-order valence-corrected chi connectivity index (χ0v) is 27.6. The van der Waals surface area contributed by atoms with Crippen LogP contribution in [0.4, 0.5) is 22.7 Å². The van der Waals surface area contributed by atoms with Gasteiger partial charge in [0.25, 0.3) is 0 Å². The summed E-state index contributed by atoms with van der Waals surface area (Å²) in [6.07, 6.45) is 11.6. The summed E-state index contributed by atoms with van der Waals surface area (Å²) in [6, 6.07) is 59.0. The summed E-state index contributed by atoms with van der Waals surface area (Å²) in [6.45, 7) is 0. The molecule has 0 saturated heterocycles. The zero-order chi connectivity index (χ0) is 33.3. The monoisotopic (exact) mass is 641 g/mol. The molecule has 0 spiro atoms. The molecule has 1 heterocycles. The maximum Gasteiger partial charge on any atom is 0.0547 e. The fourth-order valence-corrected chi connectivity index (χ4v) is 7.18. The van der Waals surface area contributed by atoms with Crippen molar-refractivity contribution < 1.29 is 0 Å². The predicted molar refractivity (Wildman–Crippen MR) is 213 cm³/mol. The van der Waals surface area contributed by atoms with Gasteiger partial charge in [-0.1, -0.05) is 109 Å². The maximum atomic E-state index is 3.56. The first-order valence-electron chi connectivity index (χ1n) is 17.2. The molecule has 238 valence electrons. The number of hydrogen-bond acceptors (Lipinski definition) is 2. The lowest BCUT2D eigenvalue weighted by molar-refractivity contribution is 1.18. The molecule has 1 aliphatic rings. The second-order valence-corrected chi connectivity index (χ2v) is 12.7. The first kappa shape index (κ1) is 29.6. The van der Waals surface area contributed by atoms with E-state index in [1.54, 1.807) is 0 Å². The third kappa shape index (κ3) is 5.45. The standard InChI is InChI=1S/C47H35N3/c1-2-8-17-37(16-7-1)48-38-24-28-40(29-25-38)49(39-18-9-4-10-19-39)42-30-32-45-44(33-42)47-43-20-12-11-15-36(43)23-31-46(47)50(45)41-26-21-35(22-27-41)34-13-5-3-6-14-34/h1,3-33,48H,2H2. The molecule has 7 aromatic carbocycles. The molecule has 1 aliphatic carbocycles. The molecule has 0 amide bonds. The number of hydrogen-bond donors (Lipinski definition) is 1. The Kier molecular flexibility index (Phi) is 7.56. The van der Waals surface area contributed by atoms with Crippen LogP contribution < -0.4 is 10.2 Å². The van der Waals surface area contributed by atoms with Gasteiger partial charge in [-0.05, 0) is 113 Å². The van der Waals surface area contributed by atoms with Crippen molar-refractivity contribution in [1.29, 1.82) is 0 Å². The summed E-state index contributed by atoms with van der Waals surface area (Å²) in [5.74, 6) is 0. The molecular weight excluding hydrogens is 607 g/mol. The van der Waals surface area contributed by atoms with Crippen LogP contribution in [0.15, 0.2) is 200 Å². The minimum Gasteiger partial charge on any atom is -0.356 e. The van der Waals surface area contributed by atoms with E-state index in [-0.39, 0.29) is 0 Å². The molecule has 0 aliphatic heterocycles. The smallest absolute Gasteiger partial charge is 0.0547 e. The molecule has 9 rings (SSSR count). The van der Waals surface area contributed by atoms with Crippen LogP contribution in [-0.2, 0) is 0 Å². The van der Waals surface area contributed by atoms with E-state index in [4.69, 9.17) is 0 Å². The van der Waals surface area contributed by atoms with Crippen molar-refractivity contribution in [1.82, 2.24) is 4.57 Å². The van der Waals surface area contributed by atoms with Crippen LogP contribution in [0.1, 0.15) is 6.42 Å². The van der Waals surface area contributed by atoms with Gasteiger partial charge in [0.2, 0.25) is 0 Å². The Morgan fingerprint density at radius 3 is 2.02 bits per heavy atom. The second kappa shape index (κ2) is 12.8. The molecule has 8 aromatic rings. The number of nitrogens with zero attached hydrogens (tertiary/aromatic N) is 2. The number of para-hydroxylation sites is 1. The highest BCUT2D eigenvalue weighted by Gasteiger charge is 2.19. The Bertz CT molecular complexity index is 2560. The van der Waals surface area contributed by atoms with Crippen LogP contribution in [0.3, 0.4) is 0 Å². The van der Waals surface area contributed by atoms with E-state index < -0.39 is 0 Å². The van der Waals surface area contributed by atoms with Gasteiger partial charge in [0.1, 0.15) is 0 Å². The molecule has 3 heteroatoms. The van der Waals surface area contributed by atoms with Crippen LogP contribution in [0.25, 0.3) is 49.4 Å². The number of anilines is 4. The first-order chi connectivity index (χ1) is 24.8. The van der Waals surface area contributed by atoms with Gasteiger partial charge in [0.05, 0.1) is 11.0 Å². The molecule has 0 fully saturated rings. The summed E-state index contributed by atoms with van der Waals surface area (Å²) in [7, 11) is 0. The Balaban J connectivity index is 1.19. The van der Waals surface area contributed by atoms with Gasteiger partial charge in [-0.2, -0.15) is 0 Å². The highest BCUT2D eigenvalue weighted by Crippen LogP contribution is 2.42. The van der Waals surface area contributed by atoms with Crippen LogP contribution in [0, 0.1) is 0 Å². The minimum absolute atomic E-state index is 0.950. The van der Waals surface area contributed by atoms with E-state index >= 15 is 0 Å². The average Bonchev–Trinajstić information content (AvgIpc) is 3.29. The van der Waals surface area contributed by atoms with E-state index in [0.717, 1.165) is 40.6 Å². The SMILES string of the molecule is C1=CCC=CC(Nc2ccc(N(c3ccccc3)c3ccc4c(c3)c3c5ccccc5ccc3n4-c3ccc(-c4ccccc4)cc3)cc2)=C1. The average molecular weight is 642 g/mol. The Morgan fingerprint density at radius 1 is 0.520 bits per heavy atom. The number of rotatable bonds is 7. The quantitative estimate of drug-likeness (QED) is 0.187. The fraction of sp³-hybridized carbons (Fsp3) is 0.0213. The van der Waals surface area contributed by atoms with Crippen LogP contribution >= 0.6 is 0 Å². The van der Waals surface area contributed by atoms with Crippen LogP contribution in [0.5, 0.6) is 0 Å². The van der Waals surface area contributed by atoms with Crippen molar-refractivity contribution in [2.75, 3.05) is 10.2 Å². The minimum atomic E-state index is 0.950. The summed E-state index contributed by atoms with van der Waals surface area (Å²) >= 11 is 0. The molecule has 0 unspecified atom stereocenters. The largest absolute Gasteiger partial charge is 0.356 e. The lowest BCUT2D eigenvalue weighted by Gasteiger charge is -2.26. The highest BCUT2D eigenvalue weighted by atomic mass is 15.1. The summed E-state index contributed by atoms with van der Waals surface area (Å²) in [4.78, 5) is 2.35. The van der Waals surface area contributed by atoms with E-state index in [0.29, 0.717) is 0 Å². The highest BCUT2D eigenvalue weighted by molar-refractivity contribution is 6.22. The van der Waals surface area contributed by atoms with E-state index in [9.17, 15) is 0 Å². The van der Waals surface area contributed by atoms with Crippen molar-refractivity contribution in [2.24, 2.45) is 0 Å². The third-order valence-corrected chi connectivity index (χ3v) is 9.54. The topological polar surface area (TPSA) is 20.2 Å². The molecule has 0 radical (unpaired) electrons. The lowest BCUT2D eigenvalue weighted by atomic mass is 10.0. The van der Waals surface area contributed by atoms with E-state index in [2.05, 4.69) is 209 Å². The number of nitrogens with one attached hydrogen (secondary N) is 1. The van der Waals surface area contributed by atoms with Crippen molar-refractivity contribution in [3.63, 3.8) is 0 Å². The molecule has 0 bridgehead atoms. The Labute approximate surface area is 292 Å². The van der Waals surface area contributed by atoms with Crippen molar-refractivity contribution in [3.8, 4) is 16.8 Å². The van der Waals surface area contributed by atoms with Crippen LogP contribution in [-0.4, -0.2) is 4.57 Å². The maximum absolute atomic E-state index is 3.56. The Hall–Kier alpha value is -6.58. The Morgan fingerprint density at radius 2 is 1.20 bits per heavy atom. The molecule has 3 nitrogen and oxygen atoms in total. The summed E-state index contributed by atoms with van der Waals surface area (Å²) in [5.41, 5.74) is 11.4.